The Labute approximate surface area is 129 Å². The van der Waals surface area contributed by atoms with E-state index in [0.717, 1.165) is 12.0 Å². The minimum absolute atomic E-state index is 0.208. The number of nitrogens with one attached hydrogen (secondary N) is 1. The Morgan fingerprint density at radius 3 is 2.90 bits per heavy atom. The zero-order valence-electron chi connectivity index (χ0n) is 12.0. The first-order valence-electron chi connectivity index (χ1n) is 6.76. The lowest BCUT2D eigenvalue weighted by atomic mass is 10.2. The predicted molar refractivity (Wildman–Crippen MR) is 84.2 cm³/mol. The molecule has 0 saturated carbocycles. The van der Waals surface area contributed by atoms with E-state index in [1.165, 1.54) is 6.20 Å². The minimum atomic E-state index is -0.208. The number of halogens is 1. The van der Waals surface area contributed by atoms with Gasteiger partial charge in [-0.15, -0.1) is 0 Å². The zero-order valence-corrected chi connectivity index (χ0v) is 12.8. The number of carbonyl (C=O) groups is 1. The van der Waals surface area contributed by atoms with E-state index in [-0.39, 0.29) is 5.91 Å². The molecule has 0 radical (unpaired) electrons. The quantitative estimate of drug-likeness (QED) is 0.847. The third kappa shape index (κ3) is 4.20. The monoisotopic (exact) mass is 304 g/mol. The van der Waals surface area contributed by atoms with Crippen LogP contribution in [-0.2, 0) is 0 Å². The molecule has 5 heteroatoms. The molecule has 0 unspecified atom stereocenters. The maximum atomic E-state index is 12.2. The number of amides is 1. The van der Waals surface area contributed by atoms with Gasteiger partial charge in [0.25, 0.3) is 5.91 Å². The van der Waals surface area contributed by atoms with Crippen molar-refractivity contribution in [3.05, 3.63) is 52.8 Å². The van der Waals surface area contributed by atoms with Crippen molar-refractivity contribution in [3.8, 4) is 5.75 Å². The number of rotatable bonds is 5. The molecular weight excluding hydrogens is 288 g/mol. The van der Waals surface area contributed by atoms with E-state index in [4.69, 9.17) is 16.3 Å². The lowest BCUT2D eigenvalue weighted by Gasteiger charge is -2.08. The first-order valence-corrected chi connectivity index (χ1v) is 7.14. The Morgan fingerprint density at radius 2 is 2.19 bits per heavy atom. The summed E-state index contributed by atoms with van der Waals surface area (Å²) < 4.78 is 5.52. The van der Waals surface area contributed by atoms with Crippen molar-refractivity contribution in [2.75, 3.05) is 11.9 Å². The Bertz CT molecular complexity index is 644. The van der Waals surface area contributed by atoms with Crippen molar-refractivity contribution in [1.29, 1.82) is 0 Å². The molecule has 4 nitrogen and oxygen atoms in total. The van der Waals surface area contributed by atoms with Crippen molar-refractivity contribution >= 4 is 23.2 Å². The molecule has 1 N–H and O–H groups in total. The summed E-state index contributed by atoms with van der Waals surface area (Å²) in [6.45, 7) is 4.50. The standard InChI is InChI=1S/C16H17ClN2O2/c1-3-7-21-14-6-4-5-12(9-14)16(20)19-13-8-11(2)15(17)18-10-13/h4-6,8-10H,3,7H2,1-2H3,(H,19,20). The van der Waals surface area contributed by atoms with Gasteiger partial charge in [-0.25, -0.2) is 4.98 Å². The fourth-order valence-electron chi connectivity index (χ4n) is 1.78. The van der Waals surface area contributed by atoms with Gasteiger partial charge in [-0.1, -0.05) is 24.6 Å². The topological polar surface area (TPSA) is 51.2 Å². The van der Waals surface area contributed by atoms with Crippen LogP contribution in [0.3, 0.4) is 0 Å². The van der Waals surface area contributed by atoms with E-state index in [1.807, 2.05) is 19.9 Å². The highest BCUT2D eigenvalue weighted by Gasteiger charge is 2.08. The molecule has 2 rings (SSSR count). The number of anilines is 1. The van der Waals surface area contributed by atoms with Gasteiger partial charge in [-0.3, -0.25) is 4.79 Å². The van der Waals surface area contributed by atoms with E-state index in [0.29, 0.717) is 28.8 Å². The highest BCUT2D eigenvalue weighted by atomic mass is 35.5. The van der Waals surface area contributed by atoms with Crippen LogP contribution in [0, 0.1) is 6.92 Å². The van der Waals surface area contributed by atoms with Crippen LogP contribution in [-0.4, -0.2) is 17.5 Å². The van der Waals surface area contributed by atoms with Gasteiger partial charge < -0.3 is 10.1 Å². The highest BCUT2D eigenvalue weighted by Crippen LogP contribution is 2.18. The fraction of sp³-hybridized carbons (Fsp3) is 0.250. The molecule has 0 spiro atoms. The molecular formula is C16H17ClN2O2. The third-order valence-corrected chi connectivity index (χ3v) is 3.24. The number of nitrogens with zero attached hydrogens (tertiary/aromatic N) is 1. The van der Waals surface area contributed by atoms with Crippen LogP contribution in [0.1, 0.15) is 29.3 Å². The van der Waals surface area contributed by atoms with E-state index in [9.17, 15) is 4.79 Å². The number of pyridine rings is 1. The van der Waals surface area contributed by atoms with Crippen molar-refractivity contribution in [3.63, 3.8) is 0 Å². The summed E-state index contributed by atoms with van der Waals surface area (Å²) in [6, 6.07) is 8.88. The highest BCUT2D eigenvalue weighted by molar-refractivity contribution is 6.30. The lowest BCUT2D eigenvalue weighted by molar-refractivity contribution is 0.102. The third-order valence-electron chi connectivity index (χ3n) is 2.84. The smallest absolute Gasteiger partial charge is 0.255 e. The molecule has 0 aliphatic carbocycles. The molecule has 110 valence electrons. The van der Waals surface area contributed by atoms with Crippen LogP contribution in [0.5, 0.6) is 5.75 Å². The summed E-state index contributed by atoms with van der Waals surface area (Å²) in [7, 11) is 0. The van der Waals surface area contributed by atoms with Gasteiger partial charge in [0.15, 0.2) is 0 Å². The SMILES string of the molecule is CCCOc1cccc(C(=O)Nc2cnc(Cl)c(C)c2)c1. The molecule has 1 aromatic heterocycles. The largest absolute Gasteiger partial charge is 0.494 e. The molecule has 0 fully saturated rings. The van der Waals surface area contributed by atoms with Crippen molar-refractivity contribution in [2.24, 2.45) is 0 Å². The van der Waals surface area contributed by atoms with Gasteiger partial charge in [0.2, 0.25) is 0 Å². The average Bonchev–Trinajstić information content (AvgIpc) is 2.49. The summed E-state index contributed by atoms with van der Waals surface area (Å²) in [6.07, 6.45) is 2.46. The predicted octanol–water partition coefficient (Wildman–Crippen LogP) is 4.08. The van der Waals surface area contributed by atoms with Crippen LogP contribution >= 0.6 is 11.6 Å². The van der Waals surface area contributed by atoms with Crippen LogP contribution in [0.2, 0.25) is 5.15 Å². The Morgan fingerprint density at radius 1 is 1.38 bits per heavy atom. The molecule has 0 aliphatic heterocycles. The molecule has 1 aromatic carbocycles. The summed E-state index contributed by atoms with van der Waals surface area (Å²) in [5.74, 6) is 0.482. The van der Waals surface area contributed by atoms with Crippen LogP contribution in [0.15, 0.2) is 36.5 Å². The molecule has 1 heterocycles. The summed E-state index contributed by atoms with van der Waals surface area (Å²) in [5.41, 5.74) is 1.97. The van der Waals surface area contributed by atoms with Crippen LogP contribution in [0.4, 0.5) is 5.69 Å². The lowest BCUT2D eigenvalue weighted by Crippen LogP contribution is -2.12. The number of hydrogen-bond acceptors (Lipinski definition) is 3. The second-order valence-corrected chi connectivity index (χ2v) is 5.02. The summed E-state index contributed by atoms with van der Waals surface area (Å²) in [4.78, 5) is 16.2. The minimum Gasteiger partial charge on any atom is -0.494 e. The first kappa shape index (κ1) is 15.3. The van der Waals surface area contributed by atoms with Crippen LogP contribution in [0.25, 0.3) is 0 Å². The van der Waals surface area contributed by atoms with Crippen LogP contribution < -0.4 is 10.1 Å². The van der Waals surface area contributed by atoms with E-state index >= 15 is 0 Å². The van der Waals surface area contributed by atoms with Crippen molar-refractivity contribution in [2.45, 2.75) is 20.3 Å². The van der Waals surface area contributed by atoms with E-state index in [1.54, 1.807) is 24.3 Å². The first-order chi connectivity index (χ1) is 10.1. The number of aromatic nitrogens is 1. The van der Waals surface area contributed by atoms with Gasteiger partial charge in [0.1, 0.15) is 10.9 Å². The average molecular weight is 305 g/mol. The Kier molecular flexibility index (Phi) is 5.17. The van der Waals surface area contributed by atoms with Gasteiger partial charge in [0, 0.05) is 5.56 Å². The molecule has 0 saturated heterocycles. The molecule has 2 aromatic rings. The van der Waals surface area contributed by atoms with Gasteiger partial charge >= 0.3 is 0 Å². The van der Waals surface area contributed by atoms with E-state index in [2.05, 4.69) is 10.3 Å². The second kappa shape index (κ2) is 7.09. The van der Waals surface area contributed by atoms with E-state index < -0.39 is 0 Å². The number of hydrogen-bond donors (Lipinski definition) is 1. The maximum absolute atomic E-state index is 12.2. The zero-order chi connectivity index (χ0) is 15.2. The molecule has 1 amide bonds. The van der Waals surface area contributed by atoms with Gasteiger partial charge in [-0.05, 0) is 43.2 Å². The number of carbonyl (C=O) groups excluding carboxylic acids is 1. The summed E-state index contributed by atoms with van der Waals surface area (Å²) in [5, 5.41) is 3.23. The molecule has 0 atom stereocenters. The Hall–Kier alpha value is -2.07. The molecule has 0 aliphatic rings. The normalized spacial score (nSPS) is 10.2. The summed E-state index contributed by atoms with van der Waals surface area (Å²) >= 11 is 5.86. The van der Waals surface area contributed by atoms with Gasteiger partial charge in [-0.2, -0.15) is 0 Å². The molecule has 21 heavy (non-hydrogen) atoms. The number of benzene rings is 1. The number of ether oxygens (including phenoxy) is 1. The van der Waals surface area contributed by atoms with Gasteiger partial charge in [0.05, 0.1) is 18.5 Å². The number of aryl methyl sites for hydroxylation is 1. The van der Waals surface area contributed by atoms with Crippen molar-refractivity contribution < 1.29 is 9.53 Å². The second-order valence-electron chi connectivity index (χ2n) is 4.66. The Balaban J connectivity index is 2.10. The molecule has 0 bridgehead atoms. The van der Waals surface area contributed by atoms with Crippen molar-refractivity contribution in [1.82, 2.24) is 4.98 Å². The fourth-order valence-corrected chi connectivity index (χ4v) is 1.88. The maximum Gasteiger partial charge on any atom is 0.255 e.